The number of hydrogen-bond donors (Lipinski definition) is 1. The Hall–Kier alpha value is 0.475. The normalized spacial score (nSPS) is 29.4. The van der Waals surface area contributed by atoms with Crippen LogP contribution >= 0.6 is 18.2 Å². The zero-order chi connectivity index (χ0) is 12.8. The van der Waals surface area contributed by atoms with Crippen molar-refractivity contribution in [2.45, 2.75) is 25.1 Å². The van der Waals surface area contributed by atoms with E-state index in [1.807, 2.05) is 6.82 Å². The lowest BCUT2D eigenvalue weighted by Gasteiger charge is -2.35. The molecule has 2 radical (unpaired) electrons. The topological polar surface area (TPSA) is 47.9 Å². The maximum absolute atomic E-state index is 6.78. The number of aliphatic hydroxyl groups excluding tert-OH is 1. The fourth-order valence-electron chi connectivity index (χ4n) is 1.47. The van der Waals surface area contributed by atoms with Gasteiger partial charge in [-0.1, -0.05) is 6.82 Å². The molecule has 3 unspecified atom stereocenters. The Labute approximate surface area is 104 Å². The van der Waals surface area contributed by atoms with Gasteiger partial charge in [0.25, 0.3) is 6.53 Å². The molecule has 0 bridgehead atoms. The molecule has 0 saturated heterocycles. The predicted octanol–water partition coefficient (Wildman–Crippen LogP) is -0.317. The van der Waals surface area contributed by atoms with Crippen molar-refractivity contribution in [3.63, 3.8) is 0 Å². The Morgan fingerprint density at radius 3 is 2.94 bits per heavy atom. The van der Waals surface area contributed by atoms with Gasteiger partial charge in [-0.2, -0.15) is 0 Å². The second-order valence-electron chi connectivity index (χ2n) is 3.54. The van der Waals surface area contributed by atoms with Crippen LogP contribution in [0.5, 0.6) is 0 Å². The van der Waals surface area contributed by atoms with Crippen molar-refractivity contribution in [3.05, 3.63) is 12.3 Å². The van der Waals surface area contributed by atoms with Crippen molar-refractivity contribution in [1.29, 1.82) is 1.43 Å². The molecule has 86 valence electrons. The first-order valence-corrected chi connectivity index (χ1v) is 6.36. The van der Waals surface area contributed by atoms with Gasteiger partial charge >= 0.3 is 6.64 Å². The highest BCUT2D eigenvalue weighted by Gasteiger charge is 2.34. The molecule has 1 heterocycles. The van der Waals surface area contributed by atoms with E-state index in [0.29, 0.717) is 0 Å². The smallest absolute Gasteiger partial charge is 0.312 e. The molecule has 1 aliphatic rings. The molecule has 0 aliphatic carbocycles. The monoisotopic (exact) mass is 260 g/mol. The lowest BCUT2D eigenvalue weighted by Crippen LogP contribution is -2.48. The molecule has 9 heteroatoms. The van der Waals surface area contributed by atoms with E-state index in [9.17, 15) is 0 Å². The Bertz CT molecular complexity index is 259. The van der Waals surface area contributed by atoms with Gasteiger partial charge < -0.3 is 19.2 Å². The van der Waals surface area contributed by atoms with Gasteiger partial charge in [0.05, 0.1) is 26.7 Å². The maximum atomic E-state index is 6.78. The highest BCUT2D eigenvalue weighted by Crippen LogP contribution is 2.21. The summed E-state index contributed by atoms with van der Waals surface area (Å²) in [5.41, 5.74) is 0. The van der Waals surface area contributed by atoms with Crippen molar-refractivity contribution in [1.82, 2.24) is 0 Å². The van der Waals surface area contributed by atoms with Gasteiger partial charge in [0.1, 0.15) is 12.2 Å². The molecule has 5 atom stereocenters. The van der Waals surface area contributed by atoms with Gasteiger partial charge in [-0.05, 0) is 6.08 Å². The zero-order valence-electron chi connectivity index (χ0n) is 10.1. The molecule has 0 saturated carbocycles. The number of aliphatic hydroxyl groups is 1. The highest BCUT2D eigenvalue weighted by atomic mass is 31.0. The van der Waals surface area contributed by atoms with Crippen LogP contribution in [-0.2, 0) is 14.0 Å². The lowest BCUT2D eigenvalue weighted by molar-refractivity contribution is -0.0607. The predicted molar refractivity (Wildman–Crippen MR) is 73.4 cm³/mol. The van der Waals surface area contributed by atoms with Crippen molar-refractivity contribution >= 4 is 39.1 Å². The van der Waals surface area contributed by atoms with Crippen molar-refractivity contribution in [2.24, 2.45) is 0 Å². The fraction of sp³-hybridized carbons (Fsp3) is 0.714. The molecule has 1 aliphatic heterocycles. The van der Waals surface area contributed by atoms with Gasteiger partial charge in [0.2, 0.25) is 1.43 Å². The van der Waals surface area contributed by atoms with Crippen LogP contribution < -0.4 is 0 Å². The molecule has 0 aromatic rings. The molecule has 0 spiro atoms. The van der Waals surface area contributed by atoms with Gasteiger partial charge in [0, 0.05) is 0 Å². The van der Waals surface area contributed by atoms with Crippen LogP contribution in [-0.4, -0.2) is 52.4 Å². The molecular weight excluding hydrogens is 242 g/mol. The highest BCUT2D eigenvalue weighted by molar-refractivity contribution is 7.70. The van der Waals surface area contributed by atoms with Crippen LogP contribution in [0.25, 0.3) is 0 Å². The van der Waals surface area contributed by atoms with Crippen molar-refractivity contribution in [2.75, 3.05) is 6.61 Å². The second kappa shape index (κ2) is 7.03. The molecule has 4 nitrogen and oxygen atoms in total. The van der Waals surface area contributed by atoms with Crippen molar-refractivity contribution < 1.29 is 19.2 Å². The Balaban J connectivity index is 2.70. The summed E-state index contributed by atoms with van der Waals surface area (Å²) in [7, 11) is 10.5. The van der Waals surface area contributed by atoms with Crippen LogP contribution in [0.15, 0.2) is 12.3 Å². The first kappa shape index (κ1) is 12.9. The molecule has 0 aromatic heterocycles. The average molecular weight is 260 g/mol. The van der Waals surface area contributed by atoms with Gasteiger partial charge in [-0.15, -0.1) is 18.2 Å². The minimum Gasteiger partial charge on any atom is -0.493 e. The van der Waals surface area contributed by atoms with E-state index >= 15 is 0 Å². The molecule has 1 N–H and O–H groups in total. The third-order valence-electron chi connectivity index (χ3n) is 2.06. The Morgan fingerprint density at radius 2 is 2.38 bits per heavy atom. The van der Waals surface area contributed by atoms with E-state index in [1.54, 1.807) is 6.08 Å². The molecule has 0 amide bonds. The largest absolute Gasteiger partial charge is 0.493 e. The molecule has 1 rings (SSSR count). The van der Waals surface area contributed by atoms with Crippen LogP contribution in [0.3, 0.4) is 0 Å². The maximum Gasteiger partial charge on any atom is 0.312 e. The molecule has 0 aromatic carbocycles. The van der Waals surface area contributed by atoms with Crippen LogP contribution in [0.4, 0.5) is 0 Å². The van der Waals surface area contributed by atoms with Gasteiger partial charge in [-0.3, -0.25) is 0 Å². The first-order valence-electron chi connectivity index (χ1n) is 5.43. The summed E-state index contributed by atoms with van der Waals surface area (Å²) in [6, 6.07) is 0. The lowest BCUT2D eigenvalue weighted by atomic mass is 9.69. The Kier molecular flexibility index (Phi) is 5.68. The van der Waals surface area contributed by atoms with Crippen LogP contribution in [0, 0.1) is 0 Å². The molecule has 16 heavy (non-hydrogen) atoms. The summed E-state index contributed by atoms with van der Waals surface area (Å²) in [6.45, 7) is 1.46. The van der Waals surface area contributed by atoms with Crippen LogP contribution in [0.1, 0.15) is 0 Å². The summed E-state index contributed by atoms with van der Waals surface area (Å²) in [4.78, 5) is 0. The van der Waals surface area contributed by atoms with Crippen molar-refractivity contribution in [3.8, 4) is 0 Å². The minimum atomic E-state index is -0.480. The quantitative estimate of drug-likeness (QED) is 0.525. The summed E-state index contributed by atoms with van der Waals surface area (Å²) >= 11 is 0. The number of ether oxygens (including phenoxy) is 1. The third-order valence-corrected chi connectivity index (χ3v) is 2.38. The summed E-state index contributed by atoms with van der Waals surface area (Å²) in [5.74, 6) is 0. The van der Waals surface area contributed by atoms with E-state index in [-0.39, 0.29) is 31.6 Å². The minimum absolute atomic E-state index is 0.0600. The van der Waals surface area contributed by atoms with Crippen LogP contribution in [0.2, 0.25) is 6.82 Å². The average Bonchev–Trinajstić information content (AvgIpc) is 2.21. The number of rotatable bonds is 6. The van der Waals surface area contributed by atoms with Gasteiger partial charge in [-0.25, -0.2) is 0 Å². The first-order chi connectivity index (χ1) is 8.04. The van der Waals surface area contributed by atoms with E-state index in [1.165, 1.54) is 6.26 Å². The third kappa shape index (κ3) is 4.39. The summed E-state index contributed by atoms with van der Waals surface area (Å²) in [6.07, 6.45) is 2.20. The van der Waals surface area contributed by atoms with E-state index in [4.69, 9.17) is 23.2 Å². The van der Waals surface area contributed by atoms with Gasteiger partial charge in [0.15, 0.2) is 0 Å². The van der Waals surface area contributed by atoms with E-state index < -0.39 is 6.53 Å². The number of hydrogen-bond acceptors (Lipinski definition) is 4. The fourth-order valence-corrected chi connectivity index (χ4v) is 1.84. The summed E-state index contributed by atoms with van der Waals surface area (Å²) < 4.78 is 23.3. The van der Waals surface area contributed by atoms with E-state index in [0.717, 1.165) is 0 Å². The summed E-state index contributed by atoms with van der Waals surface area (Å²) in [5, 5.41) is 4.36. The Morgan fingerprint density at radius 1 is 1.62 bits per heavy atom. The second-order valence-corrected chi connectivity index (χ2v) is 5.14. The zero-order valence-corrected chi connectivity index (χ0v) is 11.4. The molecular formula is C7H15B3O4P2. The SMILES string of the molecule is [3H]OCC1OC=C[C@@H](OB([B])P)[C@H]1OB(C)P. The van der Waals surface area contributed by atoms with E-state index in [2.05, 4.69) is 23.3 Å². The standard InChI is InChI=1S/C7H15B3O4P2/c1-9(15)14-7-5(13-10(8)16)2-3-12-6(7)4-11/h2-3,5-7,11H,4,15-16H2,1H3/t5-,6?,7-/m1/s1/i11T. The molecule has 0 fully saturated rings.